The molecule has 1 aromatic heterocycles. The van der Waals surface area contributed by atoms with E-state index in [1.165, 1.54) is 11.1 Å². The van der Waals surface area contributed by atoms with E-state index in [9.17, 15) is 4.79 Å². The van der Waals surface area contributed by atoms with Crippen LogP contribution in [0.25, 0.3) is 16.6 Å². The average Bonchev–Trinajstić information content (AvgIpc) is 2.97. The lowest BCUT2D eigenvalue weighted by atomic mass is 9.97. The second kappa shape index (κ2) is 6.92. The van der Waals surface area contributed by atoms with Gasteiger partial charge in [0.2, 0.25) is 0 Å². The maximum Gasteiger partial charge on any atom is 0.414 e. The maximum atomic E-state index is 12.9. The van der Waals surface area contributed by atoms with Gasteiger partial charge in [0.15, 0.2) is 0 Å². The highest BCUT2D eigenvalue weighted by Crippen LogP contribution is 2.32. The molecule has 0 N–H and O–H groups in total. The molecule has 0 saturated heterocycles. The second-order valence-electron chi connectivity index (χ2n) is 9.16. The lowest BCUT2D eigenvalue weighted by molar-refractivity contribution is 0.0327. The summed E-state index contributed by atoms with van der Waals surface area (Å²) in [7, 11) is 2.14. The van der Waals surface area contributed by atoms with Crippen LogP contribution >= 0.6 is 0 Å². The van der Waals surface area contributed by atoms with E-state index < -0.39 is 5.60 Å². The number of amides is 1. The van der Waals surface area contributed by atoms with E-state index in [4.69, 9.17) is 9.84 Å². The first-order valence-corrected chi connectivity index (χ1v) is 10.1. The van der Waals surface area contributed by atoms with Crippen molar-refractivity contribution < 1.29 is 9.53 Å². The van der Waals surface area contributed by atoms with Gasteiger partial charge in [0.25, 0.3) is 0 Å². The normalized spacial score (nSPS) is 20.8. The first-order valence-electron chi connectivity index (χ1n) is 10.1. The summed E-state index contributed by atoms with van der Waals surface area (Å²) in [6.07, 6.45) is 2.85. The highest BCUT2D eigenvalue weighted by Gasteiger charge is 2.30. The molecule has 2 aromatic rings. The Morgan fingerprint density at radius 1 is 1.25 bits per heavy atom. The fourth-order valence-corrected chi connectivity index (χ4v) is 3.97. The lowest BCUT2D eigenvalue weighted by Gasteiger charge is -2.34. The molecule has 1 unspecified atom stereocenters. The highest BCUT2D eigenvalue weighted by molar-refractivity contribution is 5.89. The number of ether oxygens (including phenoxy) is 1. The van der Waals surface area contributed by atoms with Gasteiger partial charge < -0.3 is 4.74 Å². The van der Waals surface area contributed by atoms with Crippen molar-refractivity contribution in [3.8, 4) is 0 Å². The van der Waals surface area contributed by atoms with Crippen LogP contribution in [-0.4, -0.2) is 51.4 Å². The first kappa shape index (κ1) is 19.0. The predicted octanol–water partition coefficient (Wildman–Crippen LogP) is 4.10. The van der Waals surface area contributed by atoms with Gasteiger partial charge in [0.1, 0.15) is 5.60 Å². The van der Waals surface area contributed by atoms with Crippen LogP contribution in [0.4, 0.5) is 4.79 Å². The summed E-state index contributed by atoms with van der Waals surface area (Å²) in [5.74, 6) is 0.414. The number of hydrogen-bond donors (Lipinski definition) is 0. The Kier molecular flexibility index (Phi) is 4.70. The van der Waals surface area contributed by atoms with Crippen molar-refractivity contribution in [1.29, 1.82) is 0 Å². The molecule has 4 rings (SSSR count). The van der Waals surface area contributed by atoms with E-state index in [-0.39, 0.29) is 6.09 Å². The van der Waals surface area contributed by atoms with Crippen molar-refractivity contribution in [3.63, 3.8) is 0 Å². The smallest absolute Gasteiger partial charge is 0.414 e. The SMILES string of the molecule is CC1CC=C(c2ccc3nn4c(c3c2)CN(C)CC4)N(C(=O)OC(C)(C)C)C1. The molecule has 0 saturated carbocycles. The van der Waals surface area contributed by atoms with Crippen molar-refractivity contribution in [3.05, 3.63) is 35.5 Å². The Hall–Kier alpha value is -2.34. The average molecular weight is 383 g/mol. The van der Waals surface area contributed by atoms with Gasteiger partial charge in [-0.25, -0.2) is 4.79 Å². The fraction of sp³-hybridized carbons (Fsp3) is 0.545. The Bertz CT molecular complexity index is 938. The molecule has 0 bridgehead atoms. The highest BCUT2D eigenvalue weighted by atomic mass is 16.6. The largest absolute Gasteiger partial charge is 0.443 e. The summed E-state index contributed by atoms with van der Waals surface area (Å²) in [4.78, 5) is 17.0. The maximum absolute atomic E-state index is 12.9. The second-order valence-corrected chi connectivity index (χ2v) is 9.16. The summed E-state index contributed by atoms with van der Waals surface area (Å²) in [5.41, 5.74) is 3.75. The first-order chi connectivity index (χ1) is 13.2. The van der Waals surface area contributed by atoms with Crippen LogP contribution in [0, 0.1) is 5.92 Å². The molecule has 3 heterocycles. The van der Waals surface area contributed by atoms with Crippen molar-refractivity contribution in [1.82, 2.24) is 19.6 Å². The number of carbonyl (C=O) groups excluding carboxylic acids is 1. The monoisotopic (exact) mass is 382 g/mol. The van der Waals surface area contributed by atoms with E-state index in [1.807, 2.05) is 20.8 Å². The quantitative estimate of drug-likeness (QED) is 0.745. The van der Waals surface area contributed by atoms with Gasteiger partial charge in [-0.3, -0.25) is 14.5 Å². The summed E-state index contributed by atoms with van der Waals surface area (Å²) in [5, 5.41) is 5.93. The molecule has 2 aliphatic heterocycles. The van der Waals surface area contributed by atoms with Crippen LogP contribution in [0.2, 0.25) is 0 Å². The van der Waals surface area contributed by atoms with Gasteiger partial charge in [0, 0.05) is 25.0 Å². The Morgan fingerprint density at radius 3 is 2.79 bits per heavy atom. The third kappa shape index (κ3) is 3.65. The standard InChI is InChI=1S/C22H30N4O2/c1-15-6-9-19(25(13-15)21(27)28-22(2,3)4)16-7-8-18-17(12-16)20-14-24(5)10-11-26(20)23-18/h7-9,12,15H,6,10-11,13-14H2,1-5H3. The number of nitrogens with zero attached hydrogens (tertiary/aromatic N) is 4. The van der Waals surface area contributed by atoms with E-state index in [2.05, 4.69) is 47.8 Å². The van der Waals surface area contributed by atoms with Gasteiger partial charge in [-0.05, 0) is 57.9 Å². The Labute approximate surface area is 166 Å². The number of fused-ring (bicyclic) bond motifs is 3. The van der Waals surface area contributed by atoms with E-state index in [0.717, 1.165) is 42.8 Å². The molecule has 150 valence electrons. The van der Waals surface area contributed by atoms with Gasteiger partial charge in [-0.1, -0.05) is 19.1 Å². The molecule has 1 aromatic carbocycles. The van der Waals surface area contributed by atoms with Gasteiger partial charge >= 0.3 is 6.09 Å². The van der Waals surface area contributed by atoms with Crippen molar-refractivity contribution in [2.24, 2.45) is 5.92 Å². The summed E-state index contributed by atoms with van der Waals surface area (Å²) in [6, 6.07) is 6.33. The van der Waals surface area contributed by atoms with Crippen LogP contribution in [-0.2, 0) is 17.8 Å². The summed E-state index contributed by atoms with van der Waals surface area (Å²) < 4.78 is 7.80. The van der Waals surface area contributed by atoms with E-state index >= 15 is 0 Å². The van der Waals surface area contributed by atoms with Gasteiger partial charge in [0.05, 0.1) is 23.5 Å². The topological polar surface area (TPSA) is 50.6 Å². The molecular formula is C22H30N4O2. The predicted molar refractivity (Wildman–Crippen MR) is 111 cm³/mol. The molecule has 1 atom stereocenters. The number of aromatic nitrogens is 2. The van der Waals surface area contributed by atoms with Crippen LogP contribution in [0.3, 0.4) is 0 Å². The number of carbonyl (C=O) groups is 1. The van der Waals surface area contributed by atoms with Gasteiger partial charge in [-0.2, -0.15) is 5.10 Å². The molecule has 0 aliphatic carbocycles. The molecule has 0 fully saturated rings. The zero-order valence-electron chi connectivity index (χ0n) is 17.5. The van der Waals surface area contributed by atoms with Crippen molar-refractivity contribution >= 4 is 22.7 Å². The minimum Gasteiger partial charge on any atom is -0.443 e. The molecule has 0 radical (unpaired) electrons. The van der Waals surface area contributed by atoms with Crippen LogP contribution in [0.1, 0.15) is 45.4 Å². The number of allylic oxidation sites excluding steroid dienone is 1. The zero-order chi connectivity index (χ0) is 20.1. The van der Waals surface area contributed by atoms with Crippen LogP contribution in [0.15, 0.2) is 24.3 Å². The minimum atomic E-state index is -0.511. The number of hydrogen-bond acceptors (Lipinski definition) is 4. The number of rotatable bonds is 1. The third-order valence-corrected chi connectivity index (χ3v) is 5.37. The molecule has 0 spiro atoms. The molecule has 6 heteroatoms. The van der Waals surface area contributed by atoms with Crippen molar-refractivity contribution in [2.45, 2.75) is 52.8 Å². The molecular weight excluding hydrogens is 352 g/mol. The molecule has 6 nitrogen and oxygen atoms in total. The fourth-order valence-electron chi connectivity index (χ4n) is 3.97. The minimum absolute atomic E-state index is 0.276. The van der Waals surface area contributed by atoms with E-state index in [0.29, 0.717) is 12.5 Å². The number of benzene rings is 1. The summed E-state index contributed by atoms with van der Waals surface area (Å²) >= 11 is 0. The third-order valence-electron chi connectivity index (χ3n) is 5.37. The number of likely N-dealkylation sites (N-methyl/N-ethyl adjacent to an activating group) is 1. The van der Waals surface area contributed by atoms with Crippen LogP contribution in [0.5, 0.6) is 0 Å². The Balaban J connectivity index is 1.72. The molecule has 2 aliphatic rings. The summed E-state index contributed by atoms with van der Waals surface area (Å²) in [6.45, 7) is 11.4. The molecule has 28 heavy (non-hydrogen) atoms. The Morgan fingerprint density at radius 2 is 2.04 bits per heavy atom. The van der Waals surface area contributed by atoms with E-state index in [1.54, 1.807) is 4.90 Å². The van der Waals surface area contributed by atoms with Gasteiger partial charge in [-0.15, -0.1) is 0 Å². The lowest BCUT2D eigenvalue weighted by Crippen LogP contribution is -2.39. The van der Waals surface area contributed by atoms with Crippen LogP contribution < -0.4 is 0 Å². The molecule has 1 amide bonds. The zero-order valence-corrected chi connectivity index (χ0v) is 17.5. The van der Waals surface area contributed by atoms with Crippen molar-refractivity contribution in [2.75, 3.05) is 20.1 Å².